The average Bonchev–Trinajstić information content (AvgIpc) is 3.12. The molecule has 17 heavy (non-hydrogen) atoms. The molecule has 2 aliphatic rings. The van der Waals surface area contributed by atoms with Gasteiger partial charge in [0.05, 0.1) is 0 Å². The Bertz CT molecular complexity index is 448. The zero-order chi connectivity index (χ0) is 11.8. The molecule has 1 aromatic rings. The largest absolute Gasteiger partial charge is 0.371 e. The van der Waals surface area contributed by atoms with E-state index >= 15 is 0 Å². The highest BCUT2D eigenvalue weighted by atomic mass is 16.1. The third-order valence-corrected chi connectivity index (χ3v) is 3.90. The molecule has 0 amide bonds. The fraction of sp³-hybridized carbons (Fsp3) is 0.533. The van der Waals surface area contributed by atoms with E-state index in [9.17, 15) is 4.79 Å². The number of benzene rings is 1. The number of hydrogen-bond donors (Lipinski definition) is 0. The van der Waals surface area contributed by atoms with Crippen molar-refractivity contribution in [1.29, 1.82) is 0 Å². The van der Waals surface area contributed by atoms with Crippen molar-refractivity contribution in [1.82, 2.24) is 0 Å². The predicted octanol–water partition coefficient (Wildman–Crippen LogP) is 3.05. The quantitative estimate of drug-likeness (QED) is 0.742. The zero-order valence-electron chi connectivity index (χ0n) is 10.4. The van der Waals surface area contributed by atoms with Gasteiger partial charge in [-0.1, -0.05) is 12.1 Å². The lowest BCUT2D eigenvalue weighted by atomic mass is 9.94. The lowest BCUT2D eigenvalue weighted by Gasteiger charge is -2.32. The number of carbonyl (C=O) groups is 1. The molecule has 1 saturated carbocycles. The molecule has 1 aromatic carbocycles. The molecule has 0 bridgehead atoms. The van der Waals surface area contributed by atoms with Gasteiger partial charge in [0.25, 0.3) is 0 Å². The molecule has 0 spiro atoms. The van der Waals surface area contributed by atoms with Gasteiger partial charge in [0.15, 0.2) is 5.78 Å². The smallest absolute Gasteiger partial charge is 0.160 e. The van der Waals surface area contributed by atoms with Crippen molar-refractivity contribution in [3.05, 3.63) is 29.3 Å². The zero-order valence-corrected chi connectivity index (χ0v) is 10.4. The van der Waals surface area contributed by atoms with Gasteiger partial charge in [-0.25, -0.2) is 0 Å². The van der Waals surface area contributed by atoms with Crippen LogP contribution in [0.25, 0.3) is 0 Å². The van der Waals surface area contributed by atoms with Gasteiger partial charge < -0.3 is 4.90 Å². The van der Waals surface area contributed by atoms with Crippen LogP contribution in [0.1, 0.15) is 42.1 Å². The Morgan fingerprint density at radius 2 is 2.24 bits per heavy atom. The van der Waals surface area contributed by atoms with Gasteiger partial charge in [0, 0.05) is 24.3 Å². The molecule has 0 N–H and O–H groups in total. The number of anilines is 1. The summed E-state index contributed by atoms with van der Waals surface area (Å²) in [5, 5.41) is 0. The highest BCUT2D eigenvalue weighted by Gasteiger charge is 2.27. The molecule has 2 nitrogen and oxygen atoms in total. The normalized spacial score (nSPS) is 19.0. The van der Waals surface area contributed by atoms with Gasteiger partial charge in [0.1, 0.15) is 0 Å². The summed E-state index contributed by atoms with van der Waals surface area (Å²) >= 11 is 0. The minimum atomic E-state index is 0.204. The fourth-order valence-electron chi connectivity index (χ4n) is 2.83. The van der Waals surface area contributed by atoms with Crippen molar-refractivity contribution in [2.45, 2.75) is 32.6 Å². The van der Waals surface area contributed by atoms with Gasteiger partial charge in [-0.15, -0.1) is 0 Å². The lowest BCUT2D eigenvalue weighted by molar-refractivity contribution is 0.101. The van der Waals surface area contributed by atoms with E-state index in [1.165, 1.54) is 37.1 Å². The van der Waals surface area contributed by atoms with Crippen LogP contribution >= 0.6 is 0 Å². The molecule has 0 unspecified atom stereocenters. The first-order valence-corrected chi connectivity index (χ1v) is 6.63. The highest BCUT2D eigenvalue weighted by Crippen LogP contribution is 2.35. The van der Waals surface area contributed by atoms with E-state index in [2.05, 4.69) is 11.0 Å². The third-order valence-electron chi connectivity index (χ3n) is 3.90. The molecular weight excluding hydrogens is 210 g/mol. The number of rotatable bonds is 3. The summed E-state index contributed by atoms with van der Waals surface area (Å²) in [6, 6.07) is 6.19. The Balaban J connectivity index is 1.95. The molecule has 0 atom stereocenters. The molecule has 2 heteroatoms. The van der Waals surface area contributed by atoms with E-state index in [1.54, 1.807) is 6.92 Å². The second-order valence-electron chi connectivity index (χ2n) is 5.35. The van der Waals surface area contributed by atoms with Crippen molar-refractivity contribution in [3.63, 3.8) is 0 Å². The van der Waals surface area contributed by atoms with Crippen molar-refractivity contribution < 1.29 is 4.79 Å². The number of carbonyl (C=O) groups excluding carboxylic acids is 1. The first-order valence-electron chi connectivity index (χ1n) is 6.63. The molecule has 1 aliphatic heterocycles. The minimum Gasteiger partial charge on any atom is -0.371 e. The van der Waals surface area contributed by atoms with E-state index in [0.29, 0.717) is 0 Å². The van der Waals surface area contributed by atoms with E-state index in [0.717, 1.165) is 24.4 Å². The molecule has 1 heterocycles. The Morgan fingerprint density at radius 1 is 1.41 bits per heavy atom. The maximum absolute atomic E-state index is 11.6. The Hall–Kier alpha value is -1.31. The van der Waals surface area contributed by atoms with E-state index in [-0.39, 0.29) is 5.78 Å². The minimum absolute atomic E-state index is 0.204. The maximum Gasteiger partial charge on any atom is 0.160 e. The van der Waals surface area contributed by atoms with Crippen LogP contribution in [0.15, 0.2) is 18.2 Å². The first kappa shape index (κ1) is 10.8. The molecular formula is C15H19NO. The Kier molecular flexibility index (Phi) is 2.65. The summed E-state index contributed by atoms with van der Waals surface area (Å²) in [7, 11) is 0. The topological polar surface area (TPSA) is 20.3 Å². The summed E-state index contributed by atoms with van der Waals surface area (Å²) in [4.78, 5) is 14.1. The summed E-state index contributed by atoms with van der Waals surface area (Å²) in [6.07, 6.45) is 5.02. The number of hydrogen-bond acceptors (Lipinski definition) is 2. The van der Waals surface area contributed by atoms with Crippen LogP contribution in [-0.4, -0.2) is 18.9 Å². The fourth-order valence-corrected chi connectivity index (χ4v) is 2.83. The Morgan fingerprint density at radius 3 is 2.94 bits per heavy atom. The van der Waals surface area contributed by atoms with Crippen molar-refractivity contribution >= 4 is 11.5 Å². The number of fused-ring (bicyclic) bond motifs is 1. The van der Waals surface area contributed by atoms with E-state index < -0.39 is 0 Å². The van der Waals surface area contributed by atoms with Crippen LogP contribution in [0, 0.1) is 5.92 Å². The molecule has 0 aromatic heterocycles. The highest BCUT2D eigenvalue weighted by molar-refractivity contribution is 5.97. The maximum atomic E-state index is 11.6. The van der Waals surface area contributed by atoms with Gasteiger partial charge in [-0.2, -0.15) is 0 Å². The van der Waals surface area contributed by atoms with Gasteiger partial charge in [0.2, 0.25) is 0 Å². The van der Waals surface area contributed by atoms with Crippen LogP contribution in [-0.2, 0) is 6.42 Å². The molecule has 0 radical (unpaired) electrons. The number of ketones is 1. The van der Waals surface area contributed by atoms with E-state index in [4.69, 9.17) is 0 Å². The van der Waals surface area contributed by atoms with Crippen molar-refractivity contribution in [2.75, 3.05) is 18.0 Å². The monoisotopic (exact) mass is 229 g/mol. The molecule has 1 aliphatic carbocycles. The second kappa shape index (κ2) is 4.17. The van der Waals surface area contributed by atoms with Gasteiger partial charge in [-0.05, 0) is 50.2 Å². The SMILES string of the molecule is CC(=O)c1cccc2c1CCCN2CC1CC1. The Labute approximate surface area is 103 Å². The van der Waals surface area contributed by atoms with Gasteiger partial charge in [-0.3, -0.25) is 4.79 Å². The predicted molar refractivity (Wildman–Crippen MR) is 69.7 cm³/mol. The van der Waals surface area contributed by atoms with Crippen molar-refractivity contribution in [2.24, 2.45) is 5.92 Å². The second-order valence-corrected chi connectivity index (χ2v) is 5.35. The standard InChI is InChI=1S/C15H19NO/c1-11(17)13-4-2-6-15-14(13)5-3-9-16(15)10-12-7-8-12/h2,4,6,12H,3,5,7-10H2,1H3. The van der Waals surface area contributed by atoms with E-state index in [1.807, 2.05) is 12.1 Å². The summed E-state index contributed by atoms with van der Waals surface area (Å²) in [5.74, 6) is 1.11. The van der Waals surface area contributed by atoms with Crippen LogP contribution in [0.3, 0.4) is 0 Å². The number of Topliss-reactive ketones (excluding diaryl/α,β-unsaturated/α-hetero) is 1. The van der Waals surface area contributed by atoms with Crippen LogP contribution in [0.2, 0.25) is 0 Å². The molecule has 0 saturated heterocycles. The lowest BCUT2D eigenvalue weighted by Crippen LogP contribution is -2.32. The molecule has 3 rings (SSSR count). The molecule has 1 fully saturated rings. The average molecular weight is 229 g/mol. The molecule has 90 valence electrons. The van der Waals surface area contributed by atoms with Crippen LogP contribution < -0.4 is 4.90 Å². The summed E-state index contributed by atoms with van der Waals surface area (Å²) in [6.45, 7) is 4.02. The summed E-state index contributed by atoms with van der Waals surface area (Å²) < 4.78 is 0. The third kappa shape index (κ3) is 2.08. The summed E-state index contributed by atoms with van der Waals surface area (Å²) in [5.41, 5.74) is 3.53. The van der Waals surface area contributed by atoms with Gasteiger partial charge >= 0.3 is 0 Å². The van der Waals surface area contributed by atoms with Crippen LogP contribution in [0.4, 0.5) is 5.69 Å². The first-order chi connectivity index (χ1) is 8.25. The van der Waals surface area contributed by atoms with Crippen molar-refractivity contribution in [3.8, 4) is 0 Å². The number of nitrogens with zero attached hydrogens (tertiary/aromatic N) is 1. The van der Waals surface area contributed by atoms with Crippen LogP contribution in [0.5, 0.6) is 0 Å².